The van der Waals surface area contributed by atoms with E-state index in [1.54, 1.807) is 4.68 Å². The molecule has 120 valence electrons. The van der Waals surface area contributed by atoms with Gasteiger partial charge >= 0.3 is 0 Å². The minimum atomic E-state index is -0.778. The molecule has 1 N–H and O–H groups in total. The number of para-hydroxylation sites is 1. The molecule has 0 fully saturated rings. The van der Waals surface area contributed by atoms with Crippen molar-refractivity contribution in [3.8, 4) is 0 Å². The summed E-state index contributed by atoms with van der Waals surface area (Å²) in [6.45, 7) is 11.4. The van der Waals surface area contributed by atoms with E-state index in [4.69, 9.17) is 0 Å². The van der Waals surface area contributed by atoms with Crippen LogP contribution in [0.25, 0.3) is 11.0 Å². The van der Waals surface area contributed by atoms with Crippen LogP contribution in [-0.4, -0.2) is 52.0 Å². The van der Waals surface area contributed by atoms with Gasteiger partial charge in [-0.3, -0.25) is 4.79 Å². The fourth-order valence-corrected chi connectivity index (χ4v) is 2.46. The van der Waals surface area contributed by atoms with Gasteiger partial charge in [0, 0.05) is 13.1 Å². The number of carbonyl (C=O) groups excluding carboxylic acids is 1. The topological polar surface area (TPSA) is 63.1 Å². The van der Waals surface area contributed by atoms with Gasteiger partial charge in [-0.05, 0) is 39.1 Å². The zero-order chi connectivity index (χ0) is 16.2. The Morgan fingerprint density at radius 2 is 1.95 bits per heavy atom. The van der Waals surface area contributed by atoms with Crippen molar-refractivity contribution in [2.24, 2.45) is 0 Å². The summed E-state index contributed by atoms with van der Waals surface area (Å²) in [7, 11) is 0. The number of benzene rings is 1. The summed E-state index contributed by atoms with van der Waals surface area (Å²) < 4.78 is 1.69. The highest BCUT2D eigenvalue weighted by Crippen LogP contribution is 2.20. The second kappa shape index (κ2) is 6.87. The third-order valence-corrected chi connectivity index (χ3v) is 4.05. The Hall–Kier alpha value is -1.95. The first kappa shape index (κ1) is 16.4. The van der Waals surface area contributed by atoms with Crippen molar-refractivity contribution in [1.29, 1.82) is 0 Å². The van der Waals surface area contributed by atoms with E-state index in [0.717, 1.165) is 30.7 Å². The molecule has 6 nitrogen and oxygen atoms in total. The first-order chi connectivity index (χ1) is 10.5. The fraction of sp³-hybridized carbons (Fsp3) is 0.562. The lowest BCUT2D eigenvalue weighted by Gasteiger charge is -2.25. The van der Waals surface area contributed by atoms with Crippen LogP contribution in [0.5, 0.6) is 0 Å². The number of nitrogens with one attached hydrogen (secondary N) is 1. The zero-order valence-electron chi connectivity index (χ0n) is 13.8. The van der Waals surface area contributed by atoms with Gasteiger partial charge in [-0.25, -0.2) is 4.68 Å². The molecule has 1 aromatic carbocycles. The van der Waals surface area contributed by atoms with Gasteiger partial charge in [0.15, 0.2) is 0 Å². The number of nitrogens with zero attached hydrogens (tertiary/aromatic N) is 4. The van der Waals surface area contributed by atoms with Gasteiger partial charge in [-0.15, -0.1) is 5.10 Å². The molecule has 0 bridgehead atoms. The van der Waals surface area contributed by atoms with Gasteiger partial charge in [0.05, 0.1) is 5.52 Å². The molecule has 0 unspecified atom stereocenters. The van der Waals surface area contributed by atoms with Crippen LogP contribution in [0.15, 0.2) is 24.3 Å². The molecular weight excluding hydrogens is 278 g/mol. The molecule has 6 heteroatoms. The van der Waals surface area contributed by atoms with Crippen LogP contribution in [0.4, 0.5) is 0 Å². The molecule has 1 heterocycles. The van der Waals surface area contributed by atoms with Crippen LogP contribution in [-0.2, 0) is 10.3 Å². The number of likely N-dealkylation sites (N-methyl/N-ethyl adjacent to an activating group) is 1. The molecule has 0 aliphatic rings. The minimum absolute atomic E-state index is 0.0460. The molecule has 22 heavy (non-hydrogen) atoms. The molecule has 0 saturated heterocycles. The van der Waals surface area contributed by atoms with Gasteiger partial charge in [0.25, 0.3) is 0 Å². The quantitative estimate of drug-likeness (QED) is 0.844. The predicted molar refractivity (Wildman–Crippen MR) is 87.6 cm³/mol. The maximum Gasteiger partial charge on any atom is 0.247 e. The second-order valence-corrected chi connectivity index (χ2v) is 5.83. The summed E-state index contributed by atoms with van der Waals surface area (Å²) in [6.07, 6.45) is 0. The maximum atomic E-state index is 12.5. The van der Waals surface area contributed by atoms with E-state index in [0.29, 0.717) is 6.54 Å². The summed E-state index contributed by atoms with van der Waals surface area (Å²) >= 11 is 0. The van der Waals surface area contributed by atoms with Crippen LogP contribution in [0.2, 0.25) is 0 Å². The van der Waals surface area contributed by atoms with Crippen molar-refractivity contribution in [1.82, 2.24) is 25.2 Å². The molecular formula is C16H25N5O. The fourth-order valence-electron chi connectivity index (χ4n) is 2.46. The standard InChI is InChI=1S/C16H25N5O/c1-5-20(6-2)12-11-17-15(22)16(3,4)21-14-10-8-7-9-13(14)18-19-21/h7-10H,5-6,11-12H2,1-4H3,(H,17,22). The van der Waals surface area contributed by atoms with Crippen molar-refractivity contribution in [2.45, 2.75) is 33.2 Å². The summed E-state index contributed by atoms with van der Waals surface area (Å²) in [4.78, 5) is 14.8. The molecule has 1 aromatic heterocycles. The van der Waals surface area contributed by atoms with E-state index in [-0.39, 0.29) is 5.91 Å². The number of rotatable bonds is 7. The van der Waals surface area contributed by atoms with Crippen molar-refractivity contribution < 1.29 is 4.79 Å². The Bertz CT molecular complexity index is 630. The number of hydrogen-bond donors (Lipinski definition) is 1. The first-order valence-corrected chi connectivity index (χ1v) is 7.82. The predicted octanol–water partition coefficient (Wildman–Crippen LogP) is 1.62. The van der Waals surface area contributed by atoms with Crippen LogP contribution < -0.4 is 5.32 Å². The number of fused-ring (bicyclic) bond motifs is 1. The Kier molecular flexibility index (Phi) is 5.13. The molecule has 0 saturated carbocycles. The van der Waals surface area contributed by atoms with Crippen molar-refractivity contribution in [2.75, 3.05) is 26.2 Å². The highest BCUT2D eigenvalue weighted by atomic mass is 16.2. The molecule has 0 aliphatic carbocycles. The van der Waals surface area contributed by atoms with Crippen molar-refractivity contribution >= 4 is 16.9 Å². The SMILES string of the molecule is CCN(CC)CCNC(=O)C(C)(C)n1nnc2ccccc21. The van der Waals surface area contributed by atoms with Crippen LogP contribution in [0.3, 0.4) is 0 Å². The van der Waals surface area contributed by atoms with Crippen molar-refractivity contribution in [3.63, 3.8) is 0 Å². The van der Waals surface area contributed by atoms with Gasteiger partial charge in [0.1, 0.15) is 11.1 Å². The molecule has 0 radical (unpaired) electrons. The summed E-state index contributed by atoms with van der Waals surface area (Å²) in [5, 5.41) is 11.3. The number of carbonyl (C=O) groups is 1. The van der Waals surface area contributed by atoms with Crippen LogP contribution >= 0.6 is 0 Å². The molecule has 0 spiro atoms. The average molecular weight is 303 g/mol. The van der Waals surface area contributed by atoms with Gasteiger partial charge in [-0.1, -0.05) is 31.2 Å². The van der Waals surface area contributed by atoms with E-state index < -0.39 is 5.54 Å². The highest BCUT2D eigenvalue weighted by Gasteiger charge is 2.32. The normalized spacial score (nSPS) is 12.0. The molecule has 2 rings (SSSR count). The smallest absolute Gasteiger partial charge is 0.247 e. The maximum absolute atomic E-state index is 12.5. The highest BCUT2D eigenvalue weighted by molar-refractivity contribution is 5.86. The Morgan fingerprint density at radius 3 is 2.64 bits per heavy atom. The van der Waals surface area contributed by atoms with Crippen LogP contribution in [0, 0.1) is 0 Å². The average Bonchev–Trinajstić information content (AvgIpc) is 2.96. The molecule has 2 aromatic rings. The number of aromatic nitrogens is 3. The molecule has 0 atom stereocenters. The van der Waals surface area contributed by atoms with E-state index >= 15 is 0 Å². The summed E-state index contributed by atoms with van der Waals surface area (Å²) in [5.41, 5.74) is 0.886. The number of amides is 1. The van der Waals surface area contributed by atoms with Gasteiger partial charge < -0.3 is 10.2 Å². The van der Waals surface area contributed by atoms with E-state index in [1.165, 1.54) is 0 Å². The first-order valence-electron chi connectivity index (χ1n) is 7.82. The third-order valence-electron chi connectivity index (χ3n) is 4.05. The number of hydrogen-bond acceptors (Lipinski definition) is 4. The summed E-state index contributed by atoms with van der Waals surface area (Å²) in [5.74, 6) is -0.0460. The Morgan fingerprint density at radius 1 is 1.27 bits per heavy atom. The molecule has 0 aliphatic heterocycles. The lowest BCUT2D eigenvalue weighted by molar-refractivity contribution is -0.128. The van der Waals surface area contributed by atoms with Crippen LogP contribution in [0.1, 0.15) is 27.7 Å². The Labute approximate surface area is 131 Å². The third kappa shape index (κ3) is 3.27. The lowest BCUT2D eigenvalue weighted by Crippen LogP contribution is -2.47. The van der Waals surface area contributed by atoms with E-state index in [1.807, 2.05) is 38.1 Å². The summed E-state index contributed by atoms with van der Waals surface area (Å²) in [6, 6.07) is 7.67. The van der Waals surface area contributed by atoms with Gasteiger partial charge in [0.2, 0.25) is 5.91 Å². The van der Waals surface area contributed by atoms with E-state index in [9.17, 15) is 4.79 Å². The lowest BCUT2D eigenvalue weighted by atomic mass is 10.0. The zero-order valence-corrected chi connectivity index (χ0v) is 13.8. The Balaban J connectivity index is 2.07. The van der Waals surface area contributed by atoms with Crippen molar-refractivity contribution in [3.05, 3.63) is 24.3 Å². The van der Waals surface area contributed by atoms with E-state index in [2.05, 4.69) is 34.4 Å². The largest absolute Gasteiger partial charge is 0.353 e. The minimum Gasteiger partial charge on any atom is -0.353 e. The second-order valence-electron chi connectivity index (χ2n) is 5.83. The molecule has 1 amide bonds. The monoisotopic (exact) mass is 303 g/mol. The van der Waals surface area contributed by atoms with Gasteiger partial charge in [-0.2, -0.15) is 0 Å².